The van der Waals surface area contributed by atoms with Crippen molar-refractivity contribution in [3.05, 3.63) is 23.7 Å². The molecule has 0 aliphatic heterocycles. The average molecular weight is 292 g/mol. The number of pyridine rings is 1. The van der Waals surface area contributed by atoms with Crippen LogP contribution in [0.15, 0.2) is 12.3 Å². The Hall–Kier alpha value is -1.09. The maximum atomic E-state index is 6.35. The minimum absolute atomic E-state index is 0.0911. The molecule has 1 aliphatic carbocycles. The molecule has 3 nitrogen and oxygen atoms in total. The van der Waals surface area contributed by atoms with Gasteiger partial charge in [-0.1, -0.05) is 13.8 Å². The van der Waals surface area contributed by atoms with E-state index in [1.807, 2.05) is 19.2 Å². The highest BCUT2D eigenvalue weighted by Crippen LogP contribution is 2.53. The van der Waals surface area contributed by atoms with E-state index in [0.29, 0.717) is 11.3 Å². The molecular weight excluding hydrogens is 270 g/mol. The minimum atomic E-state index is -0.0911. The highest BCUT2D eigenvalue weighted by atomic mass is 35.5. The number of alkyl halides is 1. The van der Waals surface area contributed by atoms with Crippen molar-refractivity contribution in [2.24, 2.45) is 11.3 Å². The molecule has 0 spiro atoms. The van der Waals surface area contributed by atoms with Crippen LogP contribution >= 0.6 is 11.6 Å². The first-order valence-corrected chi connectivity index (χ1v) is 7.84. The number of aryl methyl sites for hydroxylation is 1. The molecule has 20 heavy (non-hydrogen) atoms. The van der Waals surface area contributed by atoms with E-state index in [1.54, 1.807) is 0 Å². The van der Waals surface area contributed by atoms with Gasteiger partial charge in [0.05, 0.1) is 5.38 Å². The second-order valence-corrected chi connectivity index (χ2v) is 7.14. The van der Waals surface area contributed by atoms with Gasteiger partial charge in [0.1, 0.15) is 11.3 Å². The lowest BCUT2D eigenvalue weighted by Crippen LogP contribution is -2.19. The zero-order valence-corrected chi connectivity index (χ0v) is 13.4. The van der Waals surface area contributed by atoms with E-state index >= 15 is 0 Å². The van der Waals surface area contributed by atoms with Gasteiger partial charge in [-0.2, -0.15) is 0 Å². The van der Waals surface area contributed by atoms with E-state index in [1.165, 1.54) is 18.4 Å². The Kier molecular flexibility index (Phi) is 3.28. The van der Waals surface area contributed by atoms with Gasteiger partial charge in [0.15, 0.2) is 5.65 Å². The van der Waals surface area contributed by atoms with Gasteiger partial charge in [-0.15, -0.1) is 11.6 Å². The van der Waals surface area contributed by atoms with Crippen molar-refractivity contribution < 1.29 is 0 Å². The molecule has 1 saturated carbocycles. The molecule has 1 aliphatic rings. The predicted octanol–water partition coefficient (Wildman–Crippen LogP) is 4.48. The number of aromatic nitrogens is 3. The SMILES string of the molecule is Cc1ccnc2c1nc(C(C)Cl)n2CC1(C(C)C)CC1. The zero-order chi connectivity index (χ0) is 14.5. The van der Waals surface area contributed by atoms with Gasteiger partial charge in [-0.3, -0.25) is 0 Å². The van der Waals surface area contributed by atoms with E-state index in [4.69, 9.17) is 16.6 Å². The van der Waals surface area contributed by atoms with Gasteiger partial charge in [0.2, 0.25) is 0 Å². The Morgan fingerprint density at radius 3 is 2.60 bits per heavy atom. The van der Waals surface area contributed by atoms with Crippen molar-refractivity contribution in [2.45, 2.75) is 52.5 Å². The molecular formula is C16H22ClN3. The van der Waals surface area contributed by atoms with Crippen molar-refractivity contribution in [2.75, 3.05) is 0 Å². The van der Waals surface area contributed by atoms with Crippen molar-refractivity contribution in [1.29, 1.82) is 0 Å². The van der Waals surface area contributed by atoms with Crippen LogP contribution < -0.4 is 0 Å². The molecule has 0 radical (unpaired) electrons. The number of halogens is 1. The Morgan fingerprint density at radius 2 is 2.05 bits per heavy atom. The molecule has 4 heteroatoms. The number of hydrogen-bond acceptors (Lipinski definition) is 2. The maximum absolute atomic E-state index is 6.35. The summed E-state index contributed by atoms with van der Waals surface area (Å²) in [6, 6.07) is 2.01. The molecule has 0 bridgehead atoms. The lowest BCUT2D eigenvalue weighted by Gasteiger charge is -2.22. The van der Waals surface area contributed by atoms with Crippen LogP contribution in [-0.2, 0) is 6.54 Å². The van der Waals surface area contributed by atoms with Crippen molar-refractivity contribution in [3.63, 3.8) is 0 Å². The third-order valence-corrected chi connectivity index (χ3v) is 5.01. The molecule has 3 rings (SSSR count). The zero-order valence-electron chi connectivity index (χ0n) is 12.7. The van der Waals surface area contributed by atoms with Crippen LogP contribution in [0.3, 0.4) is 0 Å². The summed E-state index contributed by atoms with van der Waals surface area (Å²) in [7, 11) is 0. The van der Waals surface area contributed by atoms with Crippen LogP contribution in [0.2, 0.25) is 0 Å². The second-order valence-electron chi connectivity index (χ2n) is 6.49. The first kappa shape index (κ1) is 13.9. The molecule has 0 aromatic carbocycles. The van der Waals surface area contributed by atoms with Crippen molar-refractivity contribution in [1.82, 2.24) is 14.5 Å². The summed E-state index contributed by atoms with van der Waals surface area (Å²) in [5.41, 5.74) is 3.57. The largest absolute Gasteiger partial charge is 0.311 e. The van der Waals surface area contributed by atoms with E-state index in [2.05, 4.69) is 30.3 Å². The Balaban J connectivity index is 2.13. The molecule has 0 amide bonds. The molecule has 2 heterocycles. The Labute approximate surface area is 125 Å². The summed E-state index contributed by atoms with van der Waals surface area (Å²) in [4.78, 5) is 9.31. The van der Waals surface area contributed by atoms with Gasteiger partial charge in [0.25, 0.3) is 0 Å². The molecule has 0 saturated heterocycles. The van der Waals surface area contributed by atoms with Crippen LogP contribution in [0.4, 0.5) is 0 Å². The molecule has 1 unspecified atom stereocenters. The van der Waals surface area contributed by atoms with Gasteiger partial charge >= 0.3 is 0 Å². The Morgan fingerprint density at radius 1 is 1.35 bits per heavy atom. The second kappa shape index (κ2) is 4.73. The summed E-state index contributed by atoms with van der Waals surface area (Å²) in [6.07, 6.45) is 4.46. The van der Waals surface area contributed by atoms with E-state index in [-0.39, 0.29) is 5.38 Å². The summed E-state index contributed by atoms with van der Waals surface area (Å²) in [6.45, 7) is 9.69. The van der Waals surface area contributed by atoms with Crippen LogP contribution in [0.1, 0.15) is 50.4 Å². The number of nitrogens with zero attached hydrogens (tertiary/aromatic N) is 3. The average Bonchev–Trinajstić information content (AvgIpc) is 3.07. The quantitative estimate of drug-likeness (QED) is 0.778. The lowest BCUT2D eigenvalue weighted by molar-refractivity contribution is 0.308. The number of fused-ring (bicyclic) bond motifs is 1. The van der Waals surface area contributed by atoms with Crippen LogP contribution in [0.5, 0.6) is 0 Å². The Bertz CT molecular complexity index is 638. The van der Waals surface area contributed by atoms with Gasteiger partial charge in [0, 0.05) is 12.7 Å². The fourth-order valence-electron chi connectivity index (χ4n) is 3.01. The topological polar surface area (TPSA) is 30.7 Å². The number of hydrogen-bond donors (Lipinski definition) is 0. The monoisotopic (exact) mass is 291 g/mol. The molecule has 2 aromatic heterocycles. The summed E-state index contributed by atoms with van der Waals surface area (Å²) in [5, 5.41) is -0.0911. The van der Waals surface area contributed by atoms with Gasteiger partial charge in [-0.25, -0.2) is 9.97 Å². The third-order valence-electron chi connectivity index (χ3n) is 4.81. The highest BCUT2D eigenvalue weighted by molar-refractivity contribution is 6.20. The minimum Gasteiger partial charge on any atom is -0.311 e. The fourth-order valence-corrected chi connectivity index (χ4v) is 3.17. The predicted molar refractivity (Wildman–Crippen MR) is 83.0 cm³/mol. The molecule has 1 atom stereocenters. The summed E-state index contributed by atoms with van der Waals surface area (Å²) >= 11 is 6.35. The first-order chi connectivity index (χ1) is 9.44. The molecule has 0 N–H and O–H groups in total. The number of imidazole rings is 1. The molecule has 2 aromatic rings. The maximum Gasteiger partial charge on any atom is 0.160 e. The smallest absolute Gasteiger partial charge is 0.160 e. The lowest BCUT2D eigenvalue weighted by atomic mass is 9.92. The van der Waals surface area contributed by atoms with Crippen molar-refractivity contribution in [3.8, 4) is 0 Å². The molecule has 1 fully saturated rings. The summed E-state index contributed by atoms with van der Waals surface area (Å²) < 4.78 is 2.26. The summed E-state index contributed by atoms with van der Waals surface area (Å²) in [5.74, 6) is 1.64. The van der Waals surface area contributed by atoms with E-state index in [0.717, 1.165) is 23.5 Å². The fraction of sp³-hybridized carbons (Fsp3) is 0.625. The van der Waals surface area contributed by atoms with Crippen LogP contribution in [-0.4, -0.2) is 14.5 Å². The van der Waals surface area contributed by atoms with Crippen molar-refractivity contribution >= 4 is 22.8 Å². The standard InChI is InChI=1S/C16H22ClN3/c1-10(2)16(6-7-16)9-20-14(12(4)17)19-13-11(3)5-8-18-15(13)20/h5,8,10,12H,6-7,9H2,1-4H3. The normalized spacial score (nSPS) is 18.7. The van der Waals surface area contributed by atoms with E-state index < -0.39 is 0 Å². The van der Waals surface area contributed by atoms with Gasteiger partial charge in [-0.05, 0) is 49.7 Å². The van der Waals surface area contributed by atoms with Gasteiger partial charge < -0.3 is 4.57 Å². The third kappa shape index (κ3) is 2.12. The molecule has 108 valence electrons. The first-order valence-electron chi connectivity index (χ1n) is 7.40. The number of rotatable bonds is 4. The van der Waals surface area contributed by atoms with Crippen LogP contribution in [0, 0.1) is 18.3 Å². The van der Waals surface area contributed by atoms with Crippen LogP contribution in [0.25, 0.3) is 11.2 Å². The highest BCUT2D eigenvalue weighted by Gasteiger charge is 2.46. The van der Waals surface area contributed by atoms with E-state index in [9.17, 15) is 0 Å².